The third-order valence-electron chi connectivity index (χ3n) is 0.481. The molecular weight excluding hydrogens is 197 g/mol. The molecule has 5 heteroatoms. The van der Waals surface area contributed by atoms with Crippen LogP contribution in [0.25, 0.3) is 0 Å². The first-order chi connectivity index (χ1) is 3.55. The highest BCUT2D eigenvalue weighted by atomic mass is 35.5. The first-order valence-electron chi connectivity index (χ1n) is 1.76. The zero-order valence-corrected chi connectivity index (χ0v) is 6.65. The molecule has 0 nitrogen and oxygen atoms in total. The summed E-state index contributed by atoms with van der Waals surface area (Å²) in [6.45, 7) is 0. The largest absolute Gasteiger partial charge is 0.241 e. The highest BCUT2D eigenvalue weighted by molar-refractivity contribution is 6.48. The van der Waals surface area contributed by atoms with Crippen LogP contribution in [0.2, 0.25) is 0 Å². The Morgan fingerprint density at radius 3 is 1.12 bits per heavy atom. The minimum atomic E-state index is -1.57. The summed E-state index contributed by atoms with van der Waals surface area (Å²) < 4.78 is 12.1. The summed E-state index contributed by atoms with van der Waals surface area (Å²) in [6.07, 6.45) is -1.57. The van der Waals surface area contributed by atoms with Crippen LogP contribution in [0.3, 0.4) is 0 Å². The summed E-state index contributed by atoms with van der Waals surface area (Å²) in [5, 5.41) is 0. The van der Waals surface area contributed by atoms with Gasteiger partial charge in [0.25, 0.3) is 0 Å². The lowest BCUT2D eigenvalue weighted by molar-refractivity contribution is 0.372. The molecule has 0 aromatic heterocycles. The molecule has 0 radical (unpaired) electrons. The molecular formula is C3H3Cl4F. The molecule has 0 unspecified atom stereocenters. The standard InChI is InChI=1S/C3H3Cl4F/c4-2(5)1(8)3(6)7/h1-3H. The van der Waals surface area contributed by atoms with Gasteiger partial charge in [-0.05, 0) is 0 Å². The van der Waals surface area contributed by atoms with E-state index in [1.54, 1.807) is 0 Å². The van der Waals surface area contributed by atoms with Crippen molar-refractivity contribution in [1.82, 2.24) is 0 Å². The zero-order chi connectivity index (χ0) is 6.73. The maximum absolute atomic E-state index is 12.1. The van der Waals surface area contributed by atoms with Crippen LogP contribution < -0.4 is 0 Å². The quantitative estimate of drug-likeness (QED) is 0.601. The van der Waals surface area contributed by atoms with Gasteiger partial charge in [0.2, 0.25) is 0 Å². The van der Waals surface area contributed by atoms with Gasteiger partial charge in [-0.25, -0.2) is 4.39 Å². The van der Waals surface area contributed by atoms with Crippen molar-refractivity contribution in [1.29, 1.82) is 0 Å². The van der Waals surface area contributed by atoms with E-state index in [1.165, 1.54) is 0 Å². The lowest BCUT2D eigenvalue weighted by Gasteiger charge is -2.07. The number of hydrogen-bond acceptors (Lipinski definition) is 0. The number of hydrogen-bond donors (Lipinski definition) is 0. The molecule has 0 rings (SSSR count). The van der Waals surface area contributed by atoms with E-state index >= 15 is 0 Å². The average Bonchev–Trinajstić information content (AvgIpc) is 1.64. The third-order valence-corrected chi connectivity index (χ3v) is 1.44. The highest BCUT2D eigenvalue weighted by Crippen LogP contribution is 2.21. The van der Waals surface area contributed by atoms with Crippen molar-refractivity contribution in [3.63, 3.8) is 0 Å². The fraction of sp³-hybridized carbons (Fsp3) is 1.00. The van der Waals surface area contributed by atoms with E-state index in [4.69, 9.17) is 46.4 Å². The van der Waals surface area contributed by atoms with Crippen LogP contribution in [0, 0.1) is 0 Å². The van der Waals surface area contributed by atoms with Crippen molar-refractivity contribution >= 4 is 46.4 Å². The Labute approximate surface area is 66.8 Å². The van der Waals surface area contributed by atoms with Gasteiger partial charge in [0.05, 0.1) is 0 Å². The second kappa shape index (κ2) is 3.99. The van der Waals surface area contributed by atoms with Gasteiger partial charge in [0.1, 0.15) is 9.67 Å². The number of alkyl halides is 5. The van der Waals surface area contributed by atoms with Crippen LogP contribution in [-0.2, 0) is 0 Å². The van der Waals surface area contributed by atoms with Gasteiger partial charge in [0.15, 0.2) is 6.17 Å². The van der Waals surface area contributed by atoms with E-state index in [1.807, 2.05) is 0 Å². The molecule has 50 valence electrons. The van der Waals surface area contributed by atoms with Crippen molar-refractivity contribution < 1.29 is 4.39 Å². The Hall–Kier alpha value is 1.09. The molecule has 0 aliphatic heterocycles. The van der Waals surface area contributed by atoms with Crippen LogP contribution >= 0.6 is 46.4 Å². The molecule has 0 amide bonds. The Morgan fingerprint density at radius 1 is 0.875 bits per heavy atom. The smallest absolute Gasteiger partial charge is 0.160 e. The summed E-state index contributed by atoms with van der Waals surface area (Å²) in [4.78, 5) is -2.29. The normalized spacial score (nSPS) is 12.0. The van der Waals surface area contributed by atoms with Crippen molar-refractivity contribution in [2.75, 3.05) is 0 Å². The van der Waals surface area contributed by atoms with E-state index in [0.29, 0.717) is 0 Å². The first kappa shape index (κ1) is 9.09. The lowest BCUT2D eigenvalue weighted by atomic mass is 10.5. The molecule has 0 fully saturated rings. The molecule has 0 saturated carbocycles. The monoisotopic (exact) mass is 198 g/mol. The van der Waals surface area contributed by atoms with Crippen LogP contribution in [0.1, 0.15) is 0 Å². The Bertz CT molecular complexity index is 56.3. The van der Waals surface area contributed by atoms with E-state index in [2.05, 4.69) is 0 Å². The molecule has 8 heavy (non-hydrogen) atoms. The second-order valence-corrected chi connectivity index (χ2v) is 3.44. The molecule has 0 aromatic rings. The summed E-state index contributed by atoms with van der Waals surface area (Å²) >= 11 is 20.2. The molecule has 0 aromatic carbocycles. The van der Waals surface area contributed by atoms with Crippen LogP contribution in [-0.4, -0.2) is 15.8 Å². The molecule has 0 saturated heterocycles. The maximum Gasteiger partial charge on any atom is 0.160 e. The molecule has 0 N–H and O–H groups in total. The fourth-order valence-corrected chi connectivity index (χ4v) is 0.990. The third kappa shape index (κ3) is 3.18. The minimum absolute atomic E-state index is 1.14. The predicted octanol–water partition coefficient (Wildman–Crippen LogP) is 2.93. The average molecular weight is 200 g/mol. The summed E-state index contributed by atoms with van der Waals surface area (Å²) in [5.41, 5.74) is 0. The van der Waals surface area contributed by atoms with Crippen molar-refractivity contribution in [2.45, 2.75) is 15.8 Å². The van der Waals surface area contributed by atoms with Gasteiger partial charge in [0, 0.05) is 0 Å². The van der Waals surface area contributed by atoms with Crippen LogP contribution in [0.4, 0.5) is 4.39 Å². The molecule has 0 spiro atoms. The Morgan fingerprint density at radius 2 is 1.12 bits per heavy atom. The van der Waals surface area contributed by atoms with Gasteiger partial charge in [-0.15, -0.1) is 46.4 Å². The summed E-state index contributed by atoms with van der Waals surface area (Å²) in [7, 11) is 0. The summed E-state index contributed by atoms with van der Waals surface area (Å²) in [5.74, 6) is 0. The van der Waals surface area contributed by atoms with Gasteiger partial charge in [-0.2, -0.15) is 0 Å². The van der Waals surface area contributed by atoms with Crippen LogP contribution in [0.15, 0.2) is 0 Å². The SMILES string of the molecule is FC(C(Cl)Cl)C(Cl)Cl. The van der Waals surface area contributed by atoms with E-state index < -0.39 is 15.8 Å². The lowest BCUT2D eigenvalue weighted by Crippen LogP contribution is -2.17. The topological polar surface area (TPSA) is 0 Å². The van der Waals surface area contributed by atoms with E-state index in [0.717, 1.165) is 0 Å². The van der Waals surface area contributed by atoms with E-state index in [-0.39, 0.29) is 0 Å². The molecule has 0 aliphatic rings. The van der Waals surface area contributed by atoms with Crippen molar-refractivity contribution in [2.24, 2.45) is 0 Å². The van der Waals surface area contributed by atoms with E-state index in [9.17, 15) is 4.39 Å². The fourth-order valence-electron chi connectivity index (χ4n) is 0.110. The van der Waals surface area contributed by atoms with Gasteiger partial charge < -0.3 is 0 Å². The first-order valence-corrected chi connectivity index (χ1v) is 3.50. The second-order valence-electron chi connectivity index (χ2n) is 1.11. The molecule has 0 aliphatic carbocycles. The van der Waals surface area contributed by atoms with Crippen LogP contribution in [0.5, 0.6) is 0 Å². The summed E-state index contributed by atoms with van der Waals surface area (Å²) in [6, 6.07) is 0. The predicted molar refractivity (Wildman–Crippen MR) is 35.9 cm³/mol. The molecule has 0 bridgehead atoms. The number of rotatable bonds is 2. The van der Waals surface area contributed by atoms with Crippen molar-refractivity contribution in [3.05, 3.63) is 0 Å². The maximum atomic E-state index is 12.1. The van der Waals surface area contributed by atoms with Crippen molar-refractivity contribution in [3.8, 4) is 0 Å². The minimum Gasteiger partial charge on any atom is -0.241 e. The molecule has 0 heterocycles. The molecule has 0 atom stereocenters. The Balaban J connectivity index is 3.46. The Kier molecular flexibility index (Phi) is 4.54. The van der Waals surface area contributed by atoms with Gasteiger partial charge >= 0.3 is 0 Å². The number of halogens is 5. The van der Waals surface area contributed by atoms with Gasteiger partial charge in [-0.3, -0.25) is 0 Å². The zero-order valence-electron chi connectivity index (χ0n) is 3.62. The highest BCUT2D eigenvalue weighted by Gasteiger charge is 2.22. The van der Waals surface area contributed by atoms with Gasteiger partial charge in [-0.1, -0.05) is 0 Å².